The Balaban J connectivity index is 2.33. The van der Waals surface area contributed by atoms with E-state index >= 15 is 0 Å². The number of thiazole rings is 1. The molecule has 0 aliphatic heterocycles. The van der Waals surface area contributed by atoms with Crippen molar-refractivity contribution in [2.45, 2.75) is 26.7 Å². The highest BCUT2D eigenvalue weighted by Crippen LogP contribution is 2.39. The molecule has 1 heterocycles. The first-order valence-corrected chi connectivity index (χ1v) is 9.42. The van der Waals surface area contributed by atoms with Crippen LogP contribution in [0.5, 0.6) is 17.2 Å². The first kappa shape index (κ1) is 19.3. The largest absolute Gasteiger partial charge is 0.490 e. The normalized spacial score (nSPS) is 10.4. The Kier molecular flexibility index (Phi) is 7.33. The van der Waals surface area contributed by atoms with Gasteiger partial charge in [0.15, 0.2) is 16.6 Å². The molecule has 0 spiro atoms. The molecule has 2 rings (SSSR count). The Bertz CT molecular complexity index is 693. The van der Waals surface area contributed by atoms with E-state index in [0.29, 0.717) is 53.6 Å². The molecular formula is C17H21ClN2O4S. The van der Waals surface area contributed by atoms with E-state index in [2.05, 4.69) is 10.3 Å². The number of nitrogens with zero attached hydrogens (tertiary/aromatic N) is 1. The standard InChI is InChI=1S/C17H21ClN2O4S/c1-4-22-13-7-11(8-14(23-5-2)15(13)24-6-3)16(21)20-17-19-12(9-18)10-25-17/h7-8,10H,4-6,9H2,1-3H3,(H,19,20,21). The van der Waals surface area contributed by atoms with Gasteiger partial charge in [-0.25, -0.2) is 4.98 Å². The van der Waals surface area contributed by atoms with Gasteiger partial charge in [-0.3, -0.25) is 10.1 Å². The highest BCUT2D eigenvalue weighted by molar-refractivity contribution is 7.14. The molecule has 1 aromatic heterocycles. The van der Waals surface area contributed by atoms with Gasteiger partial charge in [0.05, 0.1) is 31.4 Å². The van der Waals surface area contributed by atoms with Crippen molar-refractivity contribution in [2.75, 3.05) is 25.1 Å². The molecule has 6 nitrogen and oxygen atoms in total. The van der Waals surface area contributed by atoms with Gasteiger partial charge in [0.2, 0.25) is 5.75 Å². The highest BCUT2D eigenvalue weighted by atomic mass is 35.5. The van der Waals surface area contributed by atoms with Crippen molar-refractivity contribution in [3.05, 3.63) is 28.8 Å². The average Bonchev–Trinajstić information content (AvgIpc) is 3.05. The van der Waals surface area contributed by atoms with Gasteiger partial charge in [0.25, 0.3) is 5.91 Å². The molecule has 25 heavy (non-hydrogen) atoms. The second-order valence-electron chi connectivity index (χ2n) is 4.83. The molecule has 0 aliphatic carbocycles. The molecule has 0 fully saturated rings. The van der Waals surface area contributed by atoms with E-state index in [9.17, 15) is 4.79 Å². The Morgan fingerprint density at radius 3 is 2.20 bits per heavy atom. The smallest absolute Gasteiger partial charge is 0.257 e. The van der Waals surface area contributed by atoms with E-state index < -0.39 is 0 Å². The Labute approximate surface area is 156 Å². The maximum atomic E-state index is 12.6. The number of nitrogens with one attached hydrogen (secondary N) is 1. The van der Waals surface area contributed by atoms with Gasteiger partial charge in [-0.05, 0) is 32.9 Å². The van der Waals surface area contributed by atoms with Crippen molar-refractivity contribution in [3.63, 3.8) is 0 Å². The minimum atomic E-state index is -0.305. The number of aromatic nitrogens is 1. The highest BCUT2D eigenvalue weighted by Gasteiger charge is 2.19. The lowest BCUT2D eigenvalue weighted by Crippen LogP contribution is -2.13. The summed E-state index contributed by atoms with van der Waals surface area (Å²) in [6.45, 7) is 6.97. The van der Waals surface area contributed by atoms with Gasteiger partial charge in [-0.1, -0.05) is 0 Å². The SMILES string of the molecule is CCOc1cc(C(=O)Nc2nc(CCl)cs2)cc(OCC)c1OCC. The molecule has 136 valence electrons. The maximum Gasteiger partial charge on any atom is 0.257 e. The van der Waals surface area contributed by atoms with Crippen LogP contribution >= 0.6 is 22.9 Å². The third-order valence-corrected chi connectivity index (χ3v) is 4.16. The lowest BCUT2D eigenvalue weighted by molar-refractivity contribution is 0.102. The van der Waals surface area contributed by atoms with Gasteiger partial charge in [-0.2, -0.15) is 0 Å². The summed E-state index contributed by atoms with van der Waals surface area (Å²) >= 11 is 7.06. The zero-order valence-corrected chi connectivity index (χ0v) is 16.0. The van der Waals surface area contributed by atoms with Crippen LogP contribution in [-0.4, -0.2) is 30.7 Å². The minimum absolute atomic E-state index is 0.304. The lowest BCUT2D eigenvalue weighted by atomic mass is 10.1. The first-order chi connectivity index (χ1) is 12.1. The number of hydrogen-bond acceptors (Lipinski definition) is 6. The van der Waals surface area contributed by atoms with Gasteiger partial charge in [0.1, 0.15) is 0 Å². The molecule has 1 N–H and O–H groups in total. The van der Waals surface area contributed by atoms with Gasteiger partial charge in [0, 0.05) is 10.9 Å². The summed E-state index contributed by atoms with van der Waals surface area (Å²) < 4.78 is 16.9. The summed E-state index contributed by atoms with van der Waals surface area (Å²) in [5, 5.41) is 5.06. The maximum absolute atomic E-state index is 12.6. The van der Waals surface area contributed by atoms with Crippen molar-refractivity contribution < 1.29 is 19.0 Å². The number of rotatable bonds is 9. The molecule has 1 aromatic carbocycles. The molecule has 0 saturated heterocycles. The monoisotopic (exact) mass is 384 g/mol. The quantitative estimate of drug-likeness (QED) is 0.651. The third-order valence-electron chi connectivity index (χ3n) is 3.08. The second-order valence-corrected chi connectivity index (χ2v) is 5.96. The van der Waals surface area contributed by atoms with Crippen molar-refractivity contribution in [3.8, 4) is 17.2 Å². The molecule has 0 aliphatic rings. The predicted molar refractivity (Wildman–Crippen MR) is 99.6 cm³/mol. The molecule has 0 radical (unpaired) electrons. The number of carbonyl (C=O) groups excluding carboxylic acids is 1. The molecule has 0 saturated carbocycles. The fourth-order valence-corrected chi connectivity index (χ4v) is 3.05. The first-order valence-electron chi connectivity index (χ1n) is 8.01. The van der Waals surface area contributed by atoms with E-state index in [1.54, 1.807) is 17.5 Å². The summed E-state index contributed by atoms with van der Waals surface area (Å²) in [6.07, 6.45) is 0. The summed E-state index contributed by atoms with van der Waals surface area (Å²) in [6, 6.07) is 3.28. The number of benzene rings is 1. The molecule has 8 heteroatoms. The average molecular weight is 385 g/mol. The molecule has 0 atom stereocenters. The van der Waals surface area contributed by atoms with Gasteiger partial charge >= 0.3 is 0 Å². The summed E-state index contributed by atoms with van der Waals surface area (Å²) in [7, 11) is 0. The number of alkyl halides is 1. The lowest BCUT2D eigenvalue weighted by Gasteiger charge is -2.16. The molecule has 0 unspecified atom stereocenters. The number of carbonyl (C=O) groups is 1. The van der Waals surface area contributed by atoms with Crippen LogP contribution in [0, 0.1) is 0 Å². The van der Waals surface area contributed by atoms with E-state index in [0.717, 1.165) is 5.69 Å². The fraction of sp³-hybridized carbons (Fsp3) is 0.412. The van der Waals surface area contributed by atoms with E-state index in [4.69, 9.17) is 25.8 Å². The predicted octanol–water partition coefficient (Wildman–Crippen LogP) is 4.33. The Morgan fingerprint density at radius 1 is 1.12 bits per heavy atom. The van der Waals surface area contributed by atoms with Crippen LogP contribution < -0.4 is 19.5 Å². The number of amides is 1. The van der Waals surface area contributed by atoms with Crippen LogP contribution in [0.3, 0.4) is 0 Å². The zero-order valence-electron chi connectivity index (χ0n) is 14.4. The van der Waals surface area contributed by atoms with E-state index in [1.165, 1.54) is 11.3 Å². The van der Waals surface area contributed by atoms with E-state index in [1.807, 2.05) is 20.8 Å². The van der Waals surface area contributed by atoms with Crippen LogP contribution in [0.25, 0.3) is 0 Å². The van der Waals surface area contributed by atoms with Crippen molar-refractivity contribution >= 4 is 34.0 Å². The fourth-order valence-electron chi connectivity index (χ4n) is 2.11. The summed E-state index contributed by atoms with van der Waals surface area (Å²) in [5.41, 5.74) is 1.12. The Hall–Kier alpha value is -1.99. The van der Waals surface area contributed by atoms with Crippen molar-refractivity contribution in [1.82, 2.24) is 4.98 Å². The third kappa shape index (κ3) is 4.99. The number of halogens is 1. The Morgan fingerprint density at radius 2 is 1.72 bits per heavy atom. The summed E-state index contributed by atoms with van der Waals surface area (Å²) in [5.74, 6) is 1.45. The van der Waals surface area contributed by atoms with Crippen LogP contribution in [0.15, 0.2) is 17.5 Å². The second kappa shape index (κ2) is 9.48. The molecule has 0 bridgehead atoms. The number of anilines is 1. The van der Waals surface area contributed by atoms with Gasteiger partial charge < -0.3 is 14.2 Å². The molecular weight excluding hydrogens is 364 g/mol. The number of hydrogen-bond donors (Lipinski definition) is 1. The topological polar surface area (TPSA) is 69.7 Å². The van der Waals surface area contributed by atoms with Crippen molar-refractivity contribution in [1.29, 1.82) is 0 Å². The number of ether oxygens (including phenoxy) is 3. The van der Waals surface area contributed by atoms with Crippen LogP contribution in [0.1, 0.15) is 36.8 Å². The van der Waals surface area contributed by atoms with Crippen LogP contribution in [0.2, 0.25) is 0 Å². The van der Waals surface area contributed by atoms with Crippen LogP contribution in [0.4, 0.5) is 5.13 Å². The van der Waals surface area contributed by atoms with Gasteiger partial charge in [-0.15, -0.1) is 22.9 Å². The minimum Gasteiger partial charge on any atom is -0.490 e. The molecule has 2 aromatic rings. The van der Waals surface area contributed by atoms with E-state index in [-0.39, 0.29) is 5.91 Å². The van der Waals surface area contributed by atoms with Crippen molar-refractivity contribution in [2.24, 2.45) is 0 Å². The zero-order chi connectivity index (χ0) is 18.2. The molecule has 1 amide bonds. The van der Waals surface area contributed by atoms with Crippen LogP contribution in [-0.2, 0) is 5.88 Å². The summed E-state index contributed by atoms with van der Waals surface area (Å²) in [4.78, 5) is 16.8.